The normalized spacial score (nSPS) is 18.9. The van der Waals surface area contributed by atoms with Gasteiger partial charge in [-0.05, 0) is 31.8 Å². The van der Waals surface area contributed by atoms with Crippen LogP contribution >= 0.6 is 41.7 Å². The second kappa shape index (κ2) is 10.1. The first-order chi connectivity index (χ1) is 14.1. The molecule has 150 valence electrons. The molecule has 1 saturated heterocycles. The molecule has 4 rings (SSSR count). The number of rotatable bonds is 8. The van der Waals surface area contributed by atoms with Gasteiger partial charge in [0.05, 0.1) is 13.2 Å². The maximum Gasteiger partial charge on any atom is 0.228 e. The Labute approximate surface area is 186 Å². The summed E-state index contributed by atoms with van der Waals surface area (Å²) in [7, 11) is 1.98. The van der Waals surface area contributed by atoms with Gasteiger partial charge in [-0.15, -0.1) is 0 Å². The molecule has 0 bridgehead atoms. The third-order valence-electron chi connectivity index (χ3n) is 4.59. The van der Waals surface area contributed by atoms with Crippen LogP contribution in [-0.4, -0.2) is 22.5 Å². The first-order valence-electron chi connectivity index (χ1n) is 9.61. The highest BCUT2D eigenvalue weighted by Gasteiger charge is 2.44. The van der Waals surface area contributed by atoms with Crippen molar-refractivity contribution in [1.29, 1.82) is 0 Å². The molecule has 1 aliphatic heterocycles. The Hall–Kier alpha value is -0.650. The number of alkyl halides is 1. The average Bonchev–Trinajstić information content (AvgIpc) is 3.16. The molecule has 3 aromatic carbocycles. The van der Waals surface area contributed by atoms with E-state index >= 15 is 0 Å². The molecule has 3 atom stereocenters. The first kappa shape index (κ1) is 21.6. The fourth-order valence-corrected chi connectivity index (χ4v) is 11.8. The van der Waals surface area contributed by atoms with Gasteiger partial charge in [0.15, 0.2) is 0 Å². The summed E-state index contributed by atoms with van der Waals surface area (Å²) in [6.07, 6.45) is 0.814. The second-order valence-corrected chi connectivity index (χ2v) is 14.7. The molecule has 1 fully saturated rings. The molecule has 0 saturated carbocycles. The van der Waals surface area contributed by atoms with E-state index in [-0.39, 0.29) is 4.64 Å². The monoisotopic (exact) mass is 504 g/mol. The fraction of sp³-hybridized carbons (Fsp3) is 0.217. The van der Waals surface area contributed by atoms with Gasteiger partial charge >= 0.3 is 0 Å². The maximum absolute atomic E-state index is 6.02. The highest BCUT2D eigenvalue weighted by Crippen LogP contribution is 2.62. The van der Waals surface area contributed by atoms with E-state index in [1.807, 2.05) is 0 Å². The summed E-state index contributed by atoms with van der Waals surface area (Å²) in [6, 6.07) is 32.5. The molecule has 3 unspecified atom stereocenters. The van der Waals surface area contributed by atoms with Crippen molar-refractivity contribution < 1.29 is 9.47 Å². The topological polar surface area (TPSA) is 18.5 Å². The van der Waals surface area contributed by atoms with Crippen molar-refractivity contribution in [3.63, 3.8) is 0 Å². The Bertz CT molecular complexity index is 786. The van der Waals surface area contributed by atoms with Crippen molar-refractivity contribution in [3.8, 4) is 0 Å². The van der Waals surface area contributed by atoms with Crippen molar-refractivity contribution in [1.82, 2.24) is 0 Å². The first-order valence-corrected chi connectivity index (χ1v) is 13.4. The van der Waals surface area contributed by atoms with Crippen LogP contribution in [0, 0.1) is 0 Å². The third-order valence-corrected chi connectivity index (χ3v) is 11.3. The standard InChI is InChI=1S/C23H24BrO2P3/c24-22(25-16-17-26-22)18-23(27-19-10-4-1-5-11-19,28-20-12-6-2-7-13-20)29-21-14-8-3-9-15-21/h1-15,27-29H,16-18H2. The molecule has 2 nitrogen and oxygen atoms in total. The Kier molecular flexibility index (Phi) is 7.52. The van der Waals surface area contributed by atoms with Gasteiger partial charge in [-0.25, -0.2) is 0 Å². The minimum Gasteiger partial charge on any atom is -0.338 e. The summed E-state index contributed by atoms with van der Waals surface area (Å²) in [5.74, 6) is 0. The molecule has 1 aliphatic rings. The predicted octanol–water partition coefficient (Wildman–Crippen LogP) is 5.14. The van der Waals surface area contributed by atoms with Crippen LogP contribution in [0.1, 0.15) is 6.42 Å². The van der Waals surface area contributed by atoms with Crippen LogP contribution in [0.3, 0.4) is 0 Å². The van der Waals surface area contributed by atoms with E-state index in [0.29, 0.717) is 39.0 Å². The van der Waals surface area contributed by atoms with E-state index in [4.69, 9.17) is 9.47 Å². The van der Waals surface area contributed by atoms with E-state index < -0.39 is 4.70 Å². The minimum absolute atomic E-state index is 0.0257. The molecule has 0 spiro atoms. The molecular formula is C23H24BrO2P3. The van der Waals surface area contributed by atoms with Gasteiger partial charge in [0.25, 0.3) is 0 Å². The Balaban J connectivity index is 1.73. The van der Waals surface area contributed by atoms with Crippen molar-refractivity contribution in [2.75, 3.05) is 13.2 Å². The summed E-state index contributed by atoms with van der Waals surface area (Å²) in [5.41, 5.74) is 0. The van der Waals surface area contributed by atoms with Crippen LogP contribution in [0.5, 0.6) is 0 Å². The zero-order valence-corrected chi connectivity index (χ0v) is 20.6. The number of hydrogen-bond acceptors (Lipinski definition) is 2. The molecule has 3 aromatic rings. The van der Waals surface area contributed by atoms with Crippen LogP contribution in [0.15, 0.2) is 91.0 Å². The summed E-state index contributed by atoms with van der Waals surface area (Å²) in [5, 5.41) is 4.15. The maximum atomic E-state index is 6.02. The van der Waals surface area contributed by atoms with Crippen LogP contribution in [0.4, 0.5) is 0 Å². The lowest BCUT2D eigenvalue weighted by Gasteiger charge is -2.39. The van der Waals surface area contributed by atoms with Crippen LogP contribution < -0.4 is 15.9 Å². The molecule has 0 aromatic heterocycles. The van der Waals surface area contributed by atoms with Crippen molar-refractivity contribution in [3.05, 3.63) is 91.0 Å². The van der Waals surface area contributed by atoms with E-state index in [9.17, 15) is 0 Å². The van der Waals surface area contributed by atoms with Gasteiger partial charge in [0, 0.05) is 11.1 Å². The number of halogens is 1. The molecule has 6 heteroatoms. The van der Waals surface area contributed by atoms with E-state index in [1.54, 1.807) is 0 Å². The lowest BCUT2D eigenvalue weighted by Crippen LogP contribution is -2.33. The number of ether oxygens (including phenoxy) is 2. The minimum atomic E-state index is -0.696. The van der Waals surface area contributed by atoms with Gasteiger partial charge in [-0.2, -0.15) is 0 Å². The predicted molar refractivity (Wildman–Crippen MR) is 134 cm³/mol. The van der Waals surface area contributed by atoms with Crippen LogP contribution in [0.25, 0.3) is 0 Å². The summed E-state index contributed by atoms with van der Waals surface area (Å²) in [4.78, 5) is 0. The molecule has 0 aliphatic carbocycles. The highest BCUT2D eigenvalue weighted by molar-refractivity contribution is 9.10. The van der Waals surface area contributed by atoms with Crippen molar-refractivity contribution in [2.45, 2.75) is 15.8 Å². The second-order valence-electron chi connectivity index (χ2n) is 6.91. The molecule has 0 N–H and O–H groups in total. The lowest BCUT2D eigenvalue weighted by molar-refractivity contribution is -0.0725. The average molecular weight is 505 g/mol. The SMILES string of the molecule is BrC1(CC(Pc2ccccc2)(Pc2ccccc2)Pc2ccccc2)OCCO1. The van der Waals surface area contributed by atoms with Gasteiger partial charge in [0.2, 0.25) is 4.70 Å². The van der Waals surface area contributed by atoms with Crippen LogP contribution in [-0.2, 0) is 9.47 Å². The Morgan fingerprint density at radius 1 is 0.655 bits per heavy atom. The summed E-state index contributed by atoms with van der Waals surface area (Å²) in [6.45, 7) is 1.28. The quantitative estimate of drug-likeness (QED) is 0.312. The Morgan fingerprint density at radius 3 is 1.34 bits per heavy atom. The zero-order chi connectivity index (χ0) is 20.0. The van der Waals surface area contributed by atoms with Gasteiger partial charge in [-0.1, -0.05) is 117 Å². The molecule has 0 radical (unpaired) electrons. The fourth-order valence-electron chi connectivity index (χ4n) is 3.38. The third kappa shape index (κ3) is 6.18. The molecule has 0 amide bonds. The van der Waals surface area contributed by atoms with E-state index in [1.165, 1.54) is 15.9 Å². The lowest BCUT2D eigenvalue weighted by atomic mass is 10.4. The Morgan fingerprint density at radius 2 is 1.00 bits per heavy atom. The van der Waals surface area contributed by atoms with Gasteiger partial charge in [-0.3, -0.25) is 0 Å². The van der Waals surface area contributed by atoms with Crippen molar-refractivity contribution in [2.24, 2.45) is 0 Å². The van der Waals surface area contributed by atoms with Crippen molar-refractivity contribution >= 4 is 57.6 Å². The molecule has 29 heavy (non-hydrogen) atoms. The van der Waals surface area contributed by atoms with Gasteiger partial charge < -0.3 is 9.47 Å². The molecule has 1 heterocycles. The smallest absolute Gasteiger partial charge is 0.228 e. The summed E-state index contributed by atoms with van der Waals surface area (Å²) < 4.78 is 11.4. The van der Waals surface area contributed by atoms with E-state index in [2.05, 4.69) is 107 Å². The van der Waals surface area contributed by atoms with Gasteiger partial charge in [0.1, 0.15) is 0 Å². The number of benzene rings is 3. The zero-order valence-electron chi connectivity index (χ0n) is 16.0. The van der Waals surface area contributed by atoms with E-state index in [0.717, 1.165) is 6.42 Å². The van der Waals surface area contributed by atoms with Crippen LogP contribution in [0.2, 0.25) is 0 Å². The number of hydrogen-bond donors (Lipinski definition) is 0. The largest absolute Gasteiger partial charge is 0.338 e. The molecular weight excluding hydrogens is 481 g/mol. The summed E-state index contributed by atoms with van der Waals surface area (Å²) >= 11 is 3.79. The highest BCUT2D eigenvalue weighted by atomic mass is 79.9.